The second kappa shape index (κ2) is 8.23. The molecular weight excluding hydrogens is 236 g/mol. The summed E-state index contributed by atoms with van der Waals surface area (Å²) in [5.41, 5.74) is 0.0956. The van der Waals surface area contributed by atoms with E-state index in [0.29, 0.717) is 12.1 Å². The highest BCUT2D eigenvalue weighted by Gasteiger charge is 2.31. The fourth-order valence-electron chi connectivity index (χ4n) is 2.82. The quantitative estimate of drug-likeness (QED) is 0.697. The zero-order chi connectivity index (χ0) is 14.3. The van der Waals surface area contributed by atoms with Crippen molar-refractivity contribution >= 4 is 0 Å². The van der Waals surface area contributed by atoms with Gasteiger partial charge in [-0.3, -0.25) is 0 Å². The minimum absolute atomic E-state index is 0.0956. The summed E-state index contributed by atoms with van der Waals surface area (Å²) in [5, 5.41) is 3.63. The molecule has 0 aromatic rings. The molecule has 1 rings (SSSR count). The highest BCUT2D eigenvalue weighted by atomic mass is 16.5. The van der Waals surface area contributed by atoms with E-state index in [9.17, 15) is 0 Å². The molecule has 1 aliphatic heterocycles. The first kappa shape index (κ1) is 16.9. The zero-order valence-corrected chi connectivity index (χ0v) is 13.7. The first-order valence-electron chi connectivity index (χ1n) is 8.10. The monoisotopic (exact) mass is 270 g/mol. The maximum absolute atomic E-state index is 6.01. The topological polar surface area (TPSA) is 24.5 Å². The van der Waals surface area contributed by atoms with Crippen molar-refractivity contribution in [3.63, 3.8) is 0 Å². The number of hydrogen-bond donors (Lipinski definition) is 1. The van der Waals surface area contributed by atoms with Crippen LogP contribution in [0.2, 0.25) is 0 Å². The van der Waals surface area contributed by atoms with E-state index in [1.807, 2.05) is 0 Å². The summed E-state index contributed by atoms with van der Waals surface area (Å²) in [5.74, 6) is 0. The summed E-state index contributed by atoms with van der Waals surface area (Å²) in [7, 11) is 0. The van der Waals surface area contributed by atoms with E-state index in [4.69, 9.17) is 4.74 Å². The maximum atomic E-state index is 6.01. The van der Waals surface area contributed by atoms with Crippen molar-refractivity contribution in [1.29, 1.82) is 0 Å². The van der Waals surface area contributed by atoms with Gasteiger partial charge in [0, 0.05) is 12.6 Å². The van der Waals surface area contributed by atoms with Gasteiger partial charge >= 0.3 is 0 Å². The van der Waals surface area contributed by atoms with Crippen LogP contribution >= 0.6 is 0 Å². The molecule has 0 bridgehead atoms. The Kier molecular flexibility index (Phi) is 7.33. The summed E-state index contributed by atoms with van der Waals surface area (Å²) in [6.07, 6.45) is 5.35. The third-order valence-electron chi connectivity index (χ3n) is 4.25. The molecule has 19 heavy (non-hydrogen) atoms. The normalized spacial score (nSPS) is 24.0. The van der Waals surface area contributed by atoms with Crippen molar-refractivity contribution in [3.8, 4) is 0 Å². The van der Waals surface area contributed by atoms with E-state index in [0.717, 1.165) is 6.54 Å². The van der Waals surface area contributed by atoms with E-state index in [-0.39, 0.29) is 5.60 Å². The molecule has 3 heteroatoms. The number of nitrogens with one attached hydrogen (secondary N) is 1. The largest absolute Gasteiger partial charge is 0.371 e. The lowest BCUT2D eigenvalue weighted by Gasteiger charge is -2.22. The van der Waals surface area contributed by atoms with Crippen LogP contribution in [0.4, 0.5) is 0 Å². The lowest BCUT2D eigenvalue weighted by Crippen LogP contribution is -2.35. The van der Waals surface area contributed by atoms with E-state index >= 15 is 0 Å². The Bertz CT molecular complexity index is 239. The highest BCUT2D eigenvalue weighted by molar-refractivity contribution is 4.82. The molecule has 0 saturated carbocycles. The minimum atomic E-state index is 0.0956. The van der Waals surface area contributed by atoms with Crippen molar-refractivity contribution in [2.75, 3.05) is 26.2 Å². The van der Waals surface area contributed by atoms with Gasteiger partial charge in [0.25, 0.3) is 0 Å². The van der Waals surface area contributed by atoms with Gasteiger partial charge in [-0.05, 0) is 66.1 Å². The Morgan fingerprint density at radius 3 is 2.53 bits per heavy atom. The molecule has 0 spiro atoms. The van der Waals surface area contributed by atoms with Gasteiger partial charge in [-0.1, -0.05) is 13.8 Å². The SMILES string of the molecule is CCN(CC)CCCC(C)NCC1CCC(C)(C)O1. The van der Waals surface area contributed by atoms with Crippen molar-refractivity contribution in [1.82, 2.24) is 10.2 Å². The van der Waals surface area contributed by atoms with Crippen LogP contribution in [-0.2, 0) is 4.74 Å². The fourth-order valence-corrected chi connectivity index (χ4v) is 2.82. The average Bonchev–Trinajstić information content (AvgIpc) is 2.72. The van der Waals surface area contributed by atoms with Crippen molar-refractivity contribution < 1.29 is 4.74 Å². The lowest BCUT2D eigenvalue weighted by atomic mass is 10.1. The summed E-state index contributed by atoms with van der Waals surface area (Å²) in [6, 6.07) is 0.600. The fraction of sp³-hybridized carbons (Fsp3) is 1.00. The van der Waals surface area contributed by atoms with Crippen LogP contribution in [-0.4, -0.2) is 48.8 Å². The number of rotatable bonds is 9. The van der Waals surface area contributed by atoms with Gasteiger partial charge in [-0.25, -0.2) is 0 Å². The molecule has 0 amide bonds. The predicted molar refractivity (Wildman–Crippen MR) is 82.7 cm³/mol. The second-order valence-electron chi connectivity index (χ2n) is 6.52. The van der Waals surface area contributed by atoms with Crippen molar-refractivity contribution in [2.24, 2.45) is 0 Å². The zero-order valence-electron chi connectivity index (χ0n) is 13.7. The van der Waals surface area contributed by atoms with Gasteiger partial charge in [0.15, 0.2) is 0 Å². The molecule has 3 nitrogen and oxygen atoms in total. The first-order valence-corrected chi connectivity index (χ1v) is 8.10. The van der Waals surface area contributed by atoms with Crippen LogP contribution in [0.1, 0.15) is 60.3 Å². The first-order chi connectivity index (χ1) is 8.96. The van der Waals surface area contributed by atoms with Crippen LogP contribution in [0.5, 0.6) is 0 Å². The highest BCUT2D eigenvalue weighted by Crippen LogP contribution is 2.28. The Balaban J connectivity index is 2.07. The Morgan fingerprint density at radius 1 is 1.32 bits per heavy atom. The molecular formula is C16H34N2O. The van der Waals surface area contributed by atoms with E-state index in [2.05, 4.69) is 44.8 Å². The average molecular weight is 270 g/mol. The third-order valence-corrected chi connectivity index (χ3v) is 4.25. The summed E-state index contributed by atoms with van der Waals surface area (Å²) in [6.45, 7) is 15.7. The molecule has 114 valence electrons. The van der Waals surface area contributed by atoms with Gasteiger partial charge in [-0.2, -0.15) is 0 Å². The van der Waals surface area contributed by atoms with Gasteiger partial charge in [0.05, 0.1) is 11.7 Å². The smallest absolute Gasteiger partial charge is 0.0707 e. The number of ether oxygens (including phenoxy) is 1. The Morgan fingerprint density at radius 2 is 2.00 bits per heavy atom. The van der Waals surface area contributed by atoms with Crippen LogP contribution in [0.15, 0.2) is 0 Å². The molecule has 2 unspecified atom stereocenters. The van der Waals surface area contributed by atoms with Crippen molar-refractivity contribution in [3.05, 3.63) is 0 Å². The van der Waals surface area contributed by atoms with Crippen LogP contribution < -0.4 is 5.32 Å². The predicted octanol–water partition coefficient (Wildman–Crippen LogP) is 3.04. The minimum Gasteiger partial charge on any atom is -0.371 e. The van der Waals surface area contributed by atoms with Crippen molar-refractivity contribution in [2.45, 2.75) is 78.0 Å². The van der Waals surface area contributed by atoms with Crippen LogP contribution in [0.3, 0.4) is 0 Å². The molecule has 1 aliphatic rings. The van der Waals surface area contributed by atoms with Gasteiger partial charge in [-0.15, -0.1) is 0 Å². The molecule has 0 aromatic carbocycles. The maximum Gasteiger partial charge on any atom is 0.0707 e. The van der Waals surface area contributed by atoms with E-state index in [1.54, 1.807) is 0 Å². The third kappa shape index (κ3) is 6.73. The van der Waals surface area contributed by atoms with Crippen LogP contribution in [0, 0.1) is 0 Å². The Labute approximate surface area is 120 Å². The number of hydrogen-bond acceptors (Lipinski definition) is 3. The van der Waals surface area contributed by atoms with Crippen LogP contribution in [0.25, 0.3) is 0 Å². The molecule has 1 heterocycles. The summed E-state index contributed by atoms with van der Waals surface area (Å²) < 4.78 is 6.01. The molecule has 1 N–H and O–H groups in total. The van der Waals surface area contributed by atoms with Gasteiger partial charge < -0.3 is 15.0 Å². The standard InChI is InChI=1S/C16H34N2O/c1-6-18(7-2)12-8-9-14(3)17-13-15-10-11-16(4,5)19-15/h14-15,17H,6-13H2,1-5H3. The molecule has 1 fully saturated rings. The second-order valence-corrected chi connectivity index (χ2v) is 6.52. The summed E-state index contributed by atoms with van der Waals surface area (Å²) >= 11 is 0. The van der Waals surface area contributed by atoms with E-state index < -0.39 is 0 Å². The van der Waals surface area contributed by atoms with E-state index in [1.165, 1.54) is 45.3 Å². The molecule has 2 atom stereocenters. The molecule has 0 radical (unpaired) electrons. The van der Waals surface area contributed by atoms with Gasteiger partial charge in [0.1, 0.15) is 0 Å². The van der Waals surface area contributed by atoms with Gasteiger partial charge in [0.2, 0.25) is 0 Å². The molecule has 0 aliphatic carbocycles. The molecule has 0 aromatic heterocycles. The number of nitrogens with zero attached hydrogens (tertiary/aromatic N) is 1. The lowest BCUT2D eigenvalue weighted by molar-refractivity contribution is -0.0150. The Hall–Kier alpha value is -0.120. The summed E-state index contributed by atoms with van der Waals surface area (Å²) in [4.78, 5) is 2.50. The molecule has 1 saturated heterocycles.